The van der Waals surface area contributed by atoms with Crippen molar-refractivity contribution in [2.24, 2.45) is 0 Å². The number of aromatic nitrogens is 2. The second-order valence-electron chi connectivity index (χ2n) is 4.04. The summed E-state index contributed by atoms with van der Waals surface area (Å²) in [6.45, 7) is 1.87. The molecule has 1 amide bonds. The first-order valence-electron chi connectivity index (χ1n) is 5.39. The molecule has 0 radical (unpaired) electrons. The largest absolute Gasteiger partial charge is 0.394 e. The van der Waals surface area contributed by atoms with Crippen molar-refractivity contribution in [3.8, 4) is 0 Å². The summed E-state index contributed by atoms with van der Waals surface area (Å²) in [5, 5.41) is 5.82. The highest BCUT2D eigenvalue weighted by atomic mass is 35.5. The average Bonchev–Trinajstić information content (AvgIpc) is 3.05. The monoisotopic (exact) mass is 255 g/mol. The third kappa shape index (κ3) is 3.20. The maximum absolute atomic E-state index is 11.5. The van der Waals surface area contributed by atoms with Gasteiger partial charge < -0.3 is 16.4 Å². The number of halogens is 1. The van der Waals surface area contributed by atoms with Crippen molar-refractivity contribution >= 4 is 29.0 Å². The second kappa shape index (κ2) is 4.75. The van der Waals surface area contributed by atoms with Crippen LogP contribution in [0.25, 0.3) is 0 Å². The molecular weight excluding hydrogens is 242 g/mol. The maximum Gasteiger partial charge on any atom is 0.239 e. The van der Waals surface area contributed by atoms with E-state index in [9.17, 15) is 4.79 Å². The number of nitrogens with zero attached hydrogens (tertiary/aromatic N) is 2. The van der Waals surface area contributed by atoms with E-state index in [-0.39, 0.29) is 17.7 Å². The quantitative estimate of drug-likeness (QED) is 0.689. The number of carbonyl (C=O) groups is 1. The zero-order chi connectivity index (χ0) is 12.4. The Morgan fingerprint density at radius 2 is 2.24 bits per heavy atom. The maximum atomic E-state index is 11.5. The van der Waals surface area contributed by atoms with Crippen LogP contribution < -0.4 is 16.4 Å². The number of nitrogen functional groups attached to an aromatic ring is 1. The standard InChI is InChI=1S/C10H14ClN5O/c1-5-8(12)9(16-10(11)14-5)13-4-7(17)15-6-2-3-6/h6H,2-4,12H2,1H3,(H,15,17)(H,13,14,16). The van der Waals surface area contributed by atoms with Gasteiger partial charge in [0.15, 0.2) is 5.82 Å². The summed E-state index contributed by atoms with van der Waals surface area (Å²) in [6, 6.07) is 0.345. The lowest BCUT2D eigenvalue weighted by Gasteiger charge is -2.10. The minimum Gasteiger partial charge on any atom is -0.394 e. The van der Waals surface area contributed by atoms with E-state index in [1.165, 1.54) is 0 Å². The fraction of sp³-hybridized carbons (Fsp3) is 0.500. The highest BCUT2D eigenvalue weighted by Gasteiger charge is 2.23. The summed E-state index contributed by atoms with van der Waals surface area (Å²) in [4.78, 5) is 19.3. The molecule has 0 saturated heterocycles. The smallest absolute Gasteiger partial charge is 0.239 e. The van der Waals surface area contributed by atoms with Crippen LogP contribution in [0.1, 0.15) is 18.5 Å². The fourth-order valence-corrected chi connectivity index (χ4v) is 1.56. The lowest BCUT2D eigenvalue weighted by atomic mass is 10.3. The first-order chi connectivity index (χ1) is 8.06. The van der Waals surface area contributed by atoms with Crippen LogP contribution in [-0.4, -0.2) is 28.5 Å². The van der Waals surface area contributed by atoms with Crippen molar-refractivity contribution in [3.63, 3.8) is 0 Å². The summed E-state index contributed by atoms with van der Waals surface area (Å²) < 4.78 is 0. The number of nitrogens with one attached hydrogen (secondary N) is 2. The van der Waals surface area contributed by atoms with Crippen LogP contribution in [0.3, 0.4) is 0 Å². The fourth-order valence-electron chi connectivity index (χ4n) is 1.35. The molecule has 17 heavy (non-hydrogen) atoms. The number of aryl methyl sites for hydroxylation is 1. The third-order valence-corrected chi connectivity index (χ3v) is 2.64. The summed E-state index contributed by atoms with van der Waals surface area (Å²) in [6.07, 6.45) is 2.12. The van der Waals surface area contributed by atoms with E-state index < -0.39 is 0 Å². The van der Waals surface area contributed by atoms with E-state index in [0.29, 0.717) is 23.2 Å². The molecule has 1 aromatic heterocycles. The minimum absolute atomic E-state index is 0.0701. The molecule has 0 bridgehead atoms. The van der Waals surface area contributed by atoms with Crippen molar-refractivity contribution < 1.29 is 4.79 Å². The number of carbonyl (C=O) groups excluding carboxylic acids is 1. The molecular formula is C10H14ClN5O. The second-order valence-corrected chi connectivity index (χ2v) is 4.37. The molecule has 2 rings (SSSR count). The topological polar surface area (TPSA) is 92.9 Å². The van der Waals surface area contributed by atoms with Gasteiger partial charge in [0.2, 0.25) is 11.2 Å². The Morgan fingerprint density at radius 3 is 2.88 bits per heavy atom. The number of hydrogen-bond donors (Lipinski definition) is 3. The van der Waals surface area contributed by atoms with Crippen molar-refractivity contribution in [1.82, 2.24) is 15.3 Å². The van der Waals surface area contributed by atoms with Crippen LogP contribution in [0.2, 0.25) is 5.28 Å². The van der Waals surface area contributed by atoms with Gasteiger partial charge in [-0.1, -0.05) is 0 Å². The molecule has 1 aromatic rings. The van der Waals surface area contributed by atoms with E-state index in [4.69, 9.17) is 17.3 Å². The van der Waals surface area contributed by atoms with Crippen molar-refractivity contribution in [1.29, 1.82) is 0 Å². The molecule has 0 atom stereocenters. The number of hydrogen-bond acceptors (Lipinski definition) is 5. The molecule has 0 spiro atoms. The Bertz CT molecular complexity index is 447. The lowest BCUT2D eigenvalue weighted by Crippen LogP contribution is -2.31. The number of rotatable bonds is 4. The summed E-state index contributed by atoms with van der Waals surface area (Å²) in [5.41, 5.74) is 6.78. The lowest BCUT2D eigenvalue weighted by molar-refractivity contribution is -0.119. The third-order valence-electron chi connectivity index (χ3n) is 2.47. The first kappa shape index (κ1) is 11.9. The van der Waals surface area contributed by atoms with Crippen molar-refractivity contribution in [2.45, 2.75) is 25.8 Å². The number of anilines is 2. The van der Waals surface area contributed by atoms with Gasteiger partial charge in [-0.2, -0.15) is 4.98 Å². The van der Waals surface area contributed by atoms with Gasteiger partial charge >= 0.3 is 0 Å². The van der Waals surface area contributed by atoms with Gasteiger partial charge in [-0.3, -0.25) is 4.79 Å². The van der Waals surface area contributed by atoms with Crippen LogP contribution in [0.15, 0.2) is 0 Å². The molecule has 6 nitrogen and oxygen atoms in total. The van der Waals surface area contributed by atoms with Gasteiger partial charge in [0.05, 0.1) is 17.9 Å². The molecule has 1 aliphatic rings. The highest BCUT2D eigenvalue weighted by molar-refractivity contribution is 6.28. The van der Waals surface area contributed by atoms with Gasteiger partial charge in [0.25, 0.3) is 0 Å². The summed E-state index contributed by atoms with van der Waals surface area (Å²) >= 11 is 5.71. The predicted molar refractivity (Wildman–Crippen MR) is 65.8 cm³/mol. The molecule has 4 N–H and O–H groups in total. The van der Waals surface area contributed by atoms with E-state index in [1.807, 2.05) is 0 Å². The van der Waals surface area contributed by atoms with Crippen molar-refractivity contribution in [3.05, 3.63) is 11.0 Å². The molecule has 0 aromatic carbocycles. The average molecular weight is 256 g/mol. The molecule has 1 fully saturated rings. The summed E-state index contributed by atoms with van der Waals surface area (Å²) in [5.74, 6) is 0.327. The van der Waals surface area contributed by atoms with Gasteiger partial charge in [-0.15, -0.1) is 0 Å². The van der Waals surface area contributed by atoms with Crippen LogP contribution in [0.5, 0.6) is 0 Å². The van der Waals surface area contributed by atoms with Gasteiger partial charge in [0.1, 0.15) is 0 Å². The molecule has 1 heterocycles. The highest BCUT2D eigenvalue weighted by Crippen LogP contribution is 2.20. The van der Waals surface area contributed by atoms with Crippen LogP contribution in [-0.2, 0) is 4.79 Å². The Hall–Kier alpha value is -1.56. The van der Waals surface area contributed by atoms with Crippen molar-refractivity contribution in [2.75, 3.05) is 17.6 Å². The van der Waals surface area contributed by atoms with Gasteiger partial charge in [0, 0.05) is 6.04 Å². The van der Waals surface area contributed by atoms with Crippen LogP contribution in [0, 0.1) is 6.92 Å². The van der Waals surface area contributed by atoms with E-state index in [2.05, 4.69) is 20.6 Å². The number of nitrogens with two attached hydrogens (primary N) is 1. The number of amides is 1. The predicted octanol–water partition coefficient (Wildman–Crippen LogP) is 0.711. The molecule has 0 unspecified atom stereocenters. The SMILES string of the molecule is Cc1nc(Cl)nc(NCC(=O)NC2CC2)c1N. The summed E-state index contributed by atoms with van der Waals surface area (Å²) in [7, 11) is 0. The molecule has 1 aliphatic carbocycles. The van der Waals surface area contributed by atoms with Crippen LogP contribution in [0.4, 0.5) is 11.5 Å². The normalized spacial score (nSPS) is 14.5. The minimum atomic E-state index is -0.0701. The Labute approximate surface area is 104 Å². The van der Waals surface area contributed by atoms with E-state index in [0.717, 1.165) is 12.8 Å². The van der Waals surface area contributed by atoms with E-state index in [1.54, 1.807) is 6.92 Å². The molecule has 0 aliphatic heterocycles. The van der Waals surface area contributed by atoms with Gasteiger partial charge in [-0.05, 0) is 31.4 Å². The molecule has 7 heteroatoms. The Balaban J connectivity index is 1.95. The zero-order valence-corrected chi connectivity index (χ0v) is 10.2. The van der Waals surface area contributed by atoms with Gasteiger partial charge in [-0.25, -0.2) is 4.98 Å². The molecule has 92 valence electrons. The van der Waals surface area contributed by atoms with Crippen LogP contribution >= 0.6 is 11.6 Å². The Kier molecular flexibility index (Phi) is 3.33. The first-order valence-corrected chi connectivity index (χ1v) is 5.77. The van der Waals surface area contributed by atoms with E-state index >= 15 is 0 Å². The zero-order valence-electron chi connectivity index (χ0n) is 9.46. The Morgan fingerprint density at radius 1 is 1.53 bits per heavy atom. The molecule has 1 saturated carbocycles.